The van der Waals surface area contributed by atoms with Crippen molar-refractivity contribution in [3.63, 3.8) is 0 Å². The number of aromatic nitrogens is 1. The van der Waals surface area contributed by atoms with Crippen molar-refractivity contribution in [3.05, 3.63) is 30.1 Å². The lowest BCUT2D eigenvalue weighted by Crippen LogP contribution is -2.47. The van der Waals surface area contributed by atoms with Crippen LogP contribution in [0.1, 0.15) is 19.5 Å². The quantitative estimate of drug-likeness (QED) is 0.673. The van der Waals surface area contributed by atoms with Crippen molar-refractivity contribution in [2.45, 2.75) is 26.3 Å². The number of rotatable bonds is 7. The first-order valence-corrected chi connectivity index (χ1v) is 6.70. The number of nitrogens with one attached hydrogen (secondary N) is 2. The fraction of sp³-hybridized carbons (Fsp3) is 0.500. The van der Waals surface area contributed by atoms with Crippen molar-refractivity contribution in [1.82, 2.24) is 15.6 Å². The second-order valence-electron chi connectivity index (χ2n) is 4.91. The second kappa shape index (κ2) is 12.2. The third-order valence-electron chi connectivity index (χ3n) is 2.87. The van der Waals surface area contributed by atoms with E-state index in [9.17, 15) is 9.59 Å². The lowest BCUT2D eigenvalue weighted by Gasteiger charge is -2.15. The first-order valence-electron chi connectivity index (χ1n) is 6.70. The molecule has 1 aromatic heterocycles. The highest BCUT2D eigenvalue weighted by molar-refractivity contribution is 5.87. The molecule has 1 aromatic rings. The molecule has 0 bridgehead atoms. The van der Waals surface area contributed by atoms with Crippen molar-refractivity contribution in [2.75, 3.05) is 13.1 Å². The molecule has 0 saturated heterocycles. The second-order valence-corrected chi connectivity index (χ2v) is 4.91. The van der Waals surface area contributed by atoms with Crippen LogP contribution in [0.4, 0.5) is 0 Å². The van der Waals surface area contributed by atoms with E-state index in [4.69, 9.17) is 5.73 Å². The number of pyridine rings is 1. The molecular formula is C14H24Cl2N4O2. The van der Waals surface area contributed by atoms with Gasteiger partial charge in [0.2, 0.25) is 11.8 Å². The number of carbonyl (C=O) groups excluding carboxylic acids is 2. The van der Waals surface area contributed by atoms with E-state index in [1.165, 1.54) is 0 Å². The number of hydrogen-bond donors (Lipinski definition) is 3. The van der Waals surface area contributed by atoms with Gasteiger partial charge in [0.1, 0.15) is 0 Å². The van der Waals surface area contributed by atoms with Gasteiger partial charge in [0, 0.05) is 24.9 Å². The topological polar surface area (TPSA) is 97.1 Å². The van der Waals surface area contributed by atoms with E-state index >= 15 is 0 Å². The summed E-state index contributed by atoms with van der Waals surface area (Å²) in [6, 6.07) is 5.05. The van der Waals surface area contributed by atoms with Gasteiger partial charge in [0.25, 0.3) is 0 Å². The van der Waals surface area contributed by atoms with E-state index in [2.05, 4.69) is 15.6 Å². The Bertz CT molecular complexity index is 444. The molecule has 0 radical (unpaired) electrons. The van der Waals surface area contributed by atoms with Crippen LogP contribution < -0.4 is 16.4 Å². The highest BCUT2D eigenvalue weighted by atomic mass is 35.5. The Morgan fingerprint density at radius 2 is 1.91 bits per heavy atom. The molecule has 1 heterocycles. The van der Waals surface area contributed by atoms with Crippen LogP contribution in [-0.2, 0) is 16.0 Å². The monoisotopic (exact) mass is 350 g/mol. The number of hydrogen-bond acceptors (Lipinski definition) is 4. The minimum atomic E-state index is -0.587. The number of nitrogens with zero attached hydrogens (tertiary/aromatic N) is 1. The van der Waals surface area contributed by atoms with Crippen LogP contribution in [0.3, 0.4) is 0 Å². The van der Waals surface area contributed by atoms with E-state index in [-0.39, 0.29) is 49.1 Å². The van der Waals surface area contributed by atoms with E-state index in [1.54, 1.807) is 6.20 Å². The molecule has 0 fully saturated rings. The molecule has 2 amide bonds. The summed E-state index contributed by atoms with van der Waals surface area (Å²) < 4.78 is 0. The Kier molecular flexibility index (Phi) is 12.7. The summed E-state index contributed by atoms with van der Waals surface area (Å²) in [6.07, 6.45) is 2.37. The average Bonchev–Trinajstić information content (AvgIpc) is 2.45. The van der Waals surface area contributed by atoms with Crippen molar-refractivity contribution < 1.29 is 9.59 Å². The lowest BCUT2D eigenvalue weighted by atomic mass is 10.1. The van der Waals surface area contributed by atoms with Gasteiger partial charge in [-0.25, -0.2) is 0 Å². The Balaban J connectivity index is 0. The molecule has 0 aliphatic heterocycles. The fourth-order valence-electron chi connectivity index (χ4n) is 1.53. The van der Waals surface area contributed by atoms with Crippen molar-refractivity contribution >= 4 is 36.6 Å². The summed E-state index contributed by atoms with van der Waals surface area (Å²) in [6.45, 7) is 4.15. The Labute approximate surface area is 143 Å². The van der Waals surface area contributed by atoms with Crippen LogP contribution in [0, 0.1) is 5.92 Å². The summed E-state index contributed by atoms with van der Waals surface area (Å²) in [5.74, 6) is -0.493. The van der Waals surface area contributed by atoms with Crippen molar-refractivity contribution in [3.8, 4) is 0 Å². The fourth-order valence-corrected chi connectivity index (χ4v) is 1.53. The zero-order valence-electron chi connectivity index (χ0n) is 12.7. The van der Waals surface area contributed by atoms with Gasteiger partial charge < -0.3 is 16.4 Å². The van der Waals surface area contributed by atoms with Gasteiger partial charge in [-0.1, -0.05) is 19.9 Å². The van der Waals surface area contributed by atoms with Crippen LogP contribution in [0.15, 0.2) is 24.4 Å². The lowest BCUT2D eigenvalue weighted by molar-refractivity contribution is -0.127. The summed E-state index contributed by atoms with van der Waals surface area (Å²) in [7, 11) is 0. The van der Waals surface area contributed by atoms with E-state index < -0.39 is 6.04 Å². The first-order chi connectivity index (χ1) is 9.50. The molecule has 6 nitrogen and oxygen atoms in total. The minimum Gasteiger partial charge on any atom is -0.354 e. The highest BCUT2D eigenvalue weighted by Crippen LogP contribution is 1.97. The molecule has 1 rings (SSSR count). The van der Waals surface area contributed by atoms with Gasteiger partial charge >= 0.3 is 0 Å². The summed E-state index contributed by atoms with van der Waals surface area (Å²) in [5, 5.41) is 5.24. The predicted octanol–water partition coefficient (Wildman–Crippen LogP) is 0.683. The summed E-state index contributed by atoms with van der Waals surface area (Å²) in [4.78, 5) is 27.3. The molecule has 0 unspecified atom stereocenters. The van der Waals surface area contributed by atoms with E-state index in [1.807, 2.05) is 32.0 Å². The Hall–Kier alpha value is -1.37. The van der Waals surface area contributed by atoms with Crippen LogP contribution in [0.5, 0.6) is 0 Å². The molecule has 0 aliphatic carbocycles. The minimum absolute atomic E-state index is 0. The number of nitrogens with two attached hydrogens (primary N) is 1. The van der Waals surface area contributed by atoms with E-state index in [0.717, 1.165) is 5.69 Å². The van der Waals surface area contributed by atoms with Gasteiger partial charge in [0.15, 0.2) is 0 Å². The van der Waals surface area contributed by atoms with Crippen LogP contribution in [0.2, 0.25) is 0 Å². The molecule has 0 saturated carbocycles. The van der Waals surface area contributed by atoms with Gasteiger partial charge in [-0.3, -0.25) is 14.6 Å². The van der Waals surface area contributed by atoms with Gasteiger partial charge in [-0.05, 0) is 18.1 Å². The SMILES string of the molecule is CC(C)[C@H](N)C(=O)NCC(=O)NCCc1ccccn1.Cl.Cl. The zero-order chi connectivity index (χ0) is 15.0. The van der Waals surface area contributed by atoms with Gasteiger partial charge in [-0.15, -0.1) is 24.8 Å². The maximum absolute atomic E-state index is 11.6. The maximum Gasteiger partial charge on any atom is 0.239 e. The highest BCUT2D eigenvalue weighted by Gasteiger charge is 2.17. The molecule has 0 aromatic carbocycles. The van der Waals surface area contributed by atoms with Crippen LogP contribution in [-0.4, -0.2) is 35.9 Å². The molecule has 4 N–H and O–H groups in total. The standard InChI is InChI=1S/C14H22N4O2.2ClH/c1-10(2)13(15)14(20)18-9-12(19)17-8-6-11-5-3-4-7-16-11;;/h3-5,7,10,13H,6,8-9,15H2,1-2H3,(H,17,19)(H,18,20);2*1H/t13-;;/m0../s1. The van der Waals surface area contributed by atoms with E-state index in [0.29, 0.717) is 13.0 Å². The predicted molar refractivity (Wildman–Crippen MR) is 91.3 cm³/mol. The van der Waals surface area contributed by atoms with Gasteiger partial charge in [-0.2, -0.15) is 0 Å². The molecule has 8 heteroatoms. The Morgan fingerprint density at radius 3 is 2.45 bits per heavy atom. The van der Waals surface area contributed by atoms with Crippen molar-refractivity contribution in [1.29, 1.82) is 0 Å². The summed E-state index contributed by atoms with van der Waals surface area (Å²) >= 11 is 0. The number of carbonyl (C=O) groups is 2. The normalized spacial score (nSPS) is 10.9. The molecule has 126 valence electrons. The number of amides is 2. The molecule has 0 aliphatic rings. The maximum atomic E-state index is 11.6. The molecule has 0 spiro atoms. The third-order valence-corrected chi connectivity index (χ3v) is 2.87. The summed E-state index contributed by atoms with van der Waals surface area (Å²) in [5.41, 5.74) is 6.59. The van der Waals surface area contributed by atoms with Crippen LogP contribution >= 0.6 is 24.8 Å². The molecule has 22 heavy (non-hydrogen) atoms. The average molecular weight is 351 g/mol. The largest absolute Gasteiger partial charge is 0.354 e. The smallest absolute Gasteiger partial charge is 0.239 e. The third kappa shape index (κ3) is 8.81. The van der Waals surface area contributed by atoms with Crippen molar-refractivity contribution in [2.24, 2.45) is 11.7 Å². The Morgan fingerprint density at radius 1 is 1.23 bits per heavy atom. The molecular weight excluding hydrogens is 327 g/mol. The van der Waals surface area contributed by atoms with Crippen LogP contribution in [0.25, 0.3) is 0 Å². The molecule has 1 atom stereocenters. The number of halogens is 2. The van der Waals surface area contributed by atoms with Gasteiger partial charge in [0.05, 0.1) is 12.6 Å². The zero-order valence-corrected chi connectivity index (χ0v) is 14.4. The first kappa shape index (κ1) is 22.9.